The Kier molecular flexibility index (Phi) is 7.47. The van der Waals surface area contributed by atoms with Crippen LogP contribution in [0.15, 0.2) is 22.7 Å². The average Bonchev–Trinajstić information content (AvgIpc) is 2.40. The molecule has 0 radical (unpaired) electrons. The van der Waals surface area contributed by atoms with Gasteiger partial charge < -0.3 is 19.9 Å². The van der Waals surface area contributed by atoms with Crippen LogP contribution in [0.3, 0.4) is 0 Å². The molecular weight excluding hydrogens is 314 g/mol. The lowest BCUT2D eigenvalue weighted by molar-refractivity contribution is 0.0287. The molecule has 0 aliphatic heterocycles. The monoisotopic (exact) mass is 331 g/mol. The molecule has 19 heavy (non-hydrogen) atoms. The second kappa shape index (κ2) is 8.90. The van der Waals surface area contributed by atoms with E-state index in [1.54, 1.807) is 25.3 Å². The highest BCUT2D eigenvalue weighted by molar-refractivity contribution is 9.10. The van der Waals surface area contributed by atoms with Crippen molar-refractivity contribution in [1.82, 2.24) is 0 Å². The summed E-state index contributed by atoms with van der Waals surface area (Å²) in [5.41, 5.74) is 6.56. The molecule has 2 N–H and O–H groups in total. The van der Waals surface area contributed by atoms with Crippen molar-refractivity contribution in [2.75, 3.05) is 39.3 Å². The van der Waals surface area contributed by atoms with Crippen LogP contribution in [0.5, 0.6) is 0 Å². The van der Waals surface area contributed by atoms with Crippen LogP contribution in [-0.2, 0) is 14.2 Å². The summed E-state index contributed by atoms with van der Waals surface area (Å²) in [5.74, 6) is -0.417. The second-order valence-electron chi connectivity index (χ2n) is 3.83. The fraction of sp³-hybridized carbons (Fsp3) is 0.462. The first-order valence-corrected chi connectivity index (χ1v) is 6.73. The van der Waals surface area contributed by atoms with E-state index >= 15 is 0 Å². The van der Waals surface area contributed by atoms with E-state index in [0.29, 0.717) is 35.5 Å². The van der Waals surface area contributed by atoms with Gasteiger partial charge in [0.2, 0.25) is 0 Å². The van der Waals surface area contributed by atoms with Crippen molar-refractivity contribution in [1.29, 1.82) is 0 Å². The maximum atomic E-state index is 11.8. The molecule has 6 heteroatoms. The van der Waals surface area contributed by atoms with Crippen LogP contribution in [0, 0.1) is 0 Å². The number of anilines is 1. The molecule has 0 atom stereocenters. The number of nitrogen functional groups attached to an aromatic ring is 1. The molecule has 5 nitrogen and oxygen atoms in total. The SMILES string of the molecule is COCCCOCCOC(=O)c1cc(N)ccc1Br. The molecule has 0 bridgehead atoms. The molecule has 0 aliphatic rings. The van der Waals surface area contributed by atoms with Gasteiger partial charge in [-0.1, -0.05) is 0 Å². The van der Waals surface area contributed by atoms with E-state index in [1.807, 2.05) is 0 Å². The zero-order valence-electron chi connectivity index (χ0n) is 10.9. The Morgan fingerprint density at radius 2 is 2.05 bits per heavy atom. The first kappa shape index (κ1) is 15.9. The summed E-state index contributed by atoms with van der Waals surface area (Å²) in [4.78, 5) is 11.8. The first-order chi connectivity index (χ1) is 9.15. The molecule has 0 saturated heterocycles. The molecule has 1 rings (SSSR count). The van der Waals surface area contributed by atoms with Crippen molar-refractivity contribution >= 4 is 27.6 Å². The number of ether oxygens (including phenoxy) is 3. The van der Waals surface area contributed by atoms with Gasteiger partial charge >= 0.3 is 5.97 Å². The number of rotatable bonds is 8. The Hall–Kier alpha value is -1.11. The minimum absolute atomic E-state index is 0.215. The number of hydrogen-bond donors (Lipinski definition) is 1. The van der Waals surface area contributed by atoms with Gasteiger partial charge in [0.15, 0.2) is 0 Å². The van der Waals surface area contributed by atoms with E-state index in [4.69, 9.17) is 19.9 Å². The molecule has 0 heterocycles. The standard InChI is InChI=1S/C13H18BrNO4/c1-17-5-2-6-18-7-8-19-13(16)11-9-10(15)3-4-12(11)14/h3-4,9H,2,5-8,15H2,1H3. The van der Waals surface area contributed by atoms with Crippen molar-refractivity contribution in [3.05, 3.63) is 28.2 Å². The number of hydrogen-bond acceptors (Lipinski definition) is 5. The molecule has 0 aromatic heterocycles. The fourth-order valence-electron chi connectivity index (χ4n) is 1.38. The van der Waals surface area contributed by atoms with E-state index in [-0.39, 0.29) is 6.61 Å². The third-order valence-corrected chi connectivity index (χ3v) is 3.00. The van der Waals surface area contributed by atoms with Crippen molar-refractivity contribution in [2.45, 2.75) is 6.42 Å². The summed E-state index contributed by atoms with van der Waals surface area (Å²) >= 11 is 3.28. The lowest BCUT2D eigenvalue weighted by atomic mass is 10.2. The maximum Gasteiger partial charge on any atom is 0.339 e. The lowest BCUT2D eigenvalue weighted by Crippen LogP contribution is -2.12. The Morgan fingerprint density at radius 1 is 1.26 bits per heavy atom. The van der Waals surface area contributed by atoms with Crippen LogP contribution in [0.1, 0.15) is 16.8 Å². The smallest absolute Gasteiger partial charge is 0.339 e. The summed E-state index contributed by atoms with van der Waals surface area (Å²) in [6.07, 6.45) is 0.825. The van der Waals surface area contributed by atoms with Crippen molar-refractivity contribution in [3.63, 3.8) is 0 Å². The van der Waals surface area contributed by atoms with Gasteiger partial charge in [0.25, 0.3) is 0 Å². The third kappa shape index (κ3) is 6.04. The van der Waals surface area contributed by atoms with Crippen LogP contribution in [-0.4, -0.2) is 39.5 Å². The summed E-state index contributed by atoms with van der Waals surface area (Å²) < 4.78 is 15.9. The summed E-state index contributed by atoms with van der Waals surface area (Å²) in [6.45, 7) is 1.84. The topological polar surface area (TPSA) is 70.8 Å². The summed E-state index contributed by atoms with van der Waals surface area (Å²) in [5, 5.41) is 0. The summed E-state index contributed by atoms with van der Waals surface area (Å²) in [6, 6.07) is 5.00. The van der Waals surface area contributed by atoms with Gasteiger partial charge in [-0.25, -0.2) is 4.79 Å². The normalized spacial score (nSPS) is 10.4. The molecule has 0 amide bonds. The number of carbonyl (C=O) groups excluding carboxylic acids is 1. The van der Waals surface area contributed by atoms with Gasteiger partial charge in [0, 0.05) is 30.5 Å². The minimum atomic E-state index is -0.417. The number of nitrogens with two attached hydrogens (primary N) is 1. The molecule has 0 fully saturated rings. The van der Waals surface area contributed by atoms with E-state index in [9.17, 15) is 4.79 Å². The quantitative estimate of drug-likeness (QED) is 0.449. The van der Waals surface area contributed by atoms with Crippen LogP contribution in [0.2, 0.25) is 0 Å². The highest BCUT2D eigenvalue weighted by Gasteiger charge is 2.11. The molecule has 1 aromatic rings. The number of methoxy groups -OCH3 is 1. The van der Waals surface area contributed by atoms with E-state index in [1.165, 1.54) is 0 Å². The highest BCUT2D eigenvalue weighted by atomic mass is 79.9. The van der Waals surface area contributed by atoms with Crippen molar-refractivity contribution in [2.24, 2.45) is 0 Å². The maximum absolute atomic E-state index is 11.8. The van der Waals surface area contributed by atoms with Crippen LogP contribution >= 0.6 is 15.9 Å². The zero-order chi connectivity index (χ0) is 14.1. The molecule has 0 unspecified atom stereocenters. The molecule has 106 valence electrons. The van der Waals surface area contributed by atoms with Crippen molar-refractivity contribution < 1.29 is 19.0 Å². The highest BCUT2D eigenvalue weighted by Crippen LogP contribution is 2.20. The Bertz CT molecular complexity index is 412. The van der Waals surface area contributed by atoms with Gasteiger partial charge in [-0.15, -0.1) is 0 Å². The number of carbonyl (C=O) groups is 1. The molecular formula is C13H18BrNO4. The zero-order valence-corrected chi connectivity index (χ0v) is 12.4. The predicted octanol–water partition coefficient (Wildman–Crippen LogP) is 2.24. The second-order valence-corrected chi connectivity index (χ2v) is 4.69. The molecule has 0 aliphatic carbocycles. The first-order valence-electron chi connectivity index (χ1n) is 5.94. The fourth-order valence-corrected chi connectivity index (χ4v) is 1.79. The summed E-state index contributed by atoms with van der Waals surface area (Å²) in [7, 11) is 1.64. The minimum Gasteiger partial charge on any atom is -0.460 e. The Balaban J connectivity index is 2.26. The van der Waals surface area contributed by atoms with Crippen LogP contribution < -0.4 is 5.73 Å². The molecule has 0 spiro atoms. The van der Waals surface area contributed by atoms with Gasteiger partial charge in [0.05, 0.1) is 12.2 Å². The molecule has 1 aromatic carbocycles. The van der Waals surface area contributed by atoms with Gasteiger partial charge in [-0.2, -0.15) is 0 Å². The Labute approximate surface area is 121 Å². The van der Waals surface area contributed by atoms with Crippen LogP contribution in [0.4, 0.5) is 5.69 Å². The lowest BCUT2D eigenvalue weighted by Gasteiger charge is -2.07. The van der Waals surface area contributed by atoms with Gasteiger partial charge in [-0.3, -0.25) is 0 Å². The van der Waals surface area contributed by atoms with Crippen molar-refractivity contribution in [3.8, 4) is 0 Å². The predicted molar refractivity (Wildman–Crippen MR) is 76.1 cm³/mol. The van der Waals surface area contributed by atoms with Crippen LogP contribution in [0.25, 0.3) is 0 Å². The van der Waals surface area contributed by atoms with E-state index in [0.717, 1.165) is 6.42 Å². The van der Waals surface area contributed by atoms with E-state index < -0.39 is 5.97 Å². The Morgan fingerprint density at radius 3 is 2.79 bits per heavy atom. The van der Waals surface area contributed by atoms with E-state index in [2.05, 4.69) is 15.9 Å². The average molecular weight is 332 g/mol. The number of benzene rings is 1. The third-order valence-electron chi connectivity index (χ3n) is 2.31. The van der Waals surface area contributed by atoms with Gasteiger partial charge in [0.1, 0.15) is 6.61 Å². The van der Waals surface area contributed by atoms with Gasteiger partial charge in [-0.05, 0) is 40.5 Å². The number of halogens is 1. The molecule has 0 saturated carbocycles. The number of esters is 1. The largest absolute Gasteiger partial charge is 0.460 e.